The van der Waals surface area contributed by atoms with Gasteiger partial charge in [0.1, 0.15) is 6.10 Å². The fraction of sp³-hybridized carbons (Fsp3) is 0.800. The van der Waals surface area contributed by atoms with Crippen LogP contribution in [0.3, 0.4) is 0 Å². The number of esters is 1. The average Bonchev–Trinajstić information content (AvgIpc) is 2.14. The van der Waals surface area contributed by atoms with Crippen LogP contribution in [-0.2, 0) is 9.53 Å². The Morgan fingerprint density at radius 3 is 2.71 bits per heavy atom. The molecule has 0 spiro atoms. The Bertz CT molecular complexity index is 291. The van der Waals surface area contributed by atoms with E-state index in [1.807, 2.05) is 0 Å². The van der Waals surface area contributed by atoms with Gasteiger partial charge in [-0.1, -0.05) is 39.8 Å². The molecular weight excluding hydrogens is 212 g/mol. The topological polar surface area (TPSA) is 26.3 Å². The van der Waals surface area contributed by atoms with E-state index in [2.05, 4.69) is 46.8 Å². The first kappa shape index (κ1) is 14.3. The molecule has 1 saturated heterocycles. The summed E-state index contributed by atoms with van der Waals surface area (Å²) in [5.74, 6) is 0.867. The molecule has 2 nitrogen and oxygen atoms in total. The van der Waals surface area contributed by atoms with Crippen molar-refractivity contribution >= 4 is 5.97 Å². The van der Waals surface area contributed by atoms with Crippen molar-refractivity contribution in [1.29, 1.82) is 0 Å². The van der Waals surface area contributed by atoms with Gasteiger partial charge in [0.15, 0.2) is 0 Å². The van der Waals surface area contributed by atoms with Crippen LogP contribution >= 0.6 is 0 Å². The number of allylic oxidation sites excluding steroid dienone is 2. The molecule has 0 N–H and O–H groups in total. The number of carbonyl (C=O) groups is 1. The Kier molecular flexibility index (Phi) is 4.79. The lowest BCUT2D eigenvalue weighted by Gasteiger charge is -2.34. The molecule has 0 bridgehead atoms. The molecule has 1 aliphatic heterocycles. The molecule has 0 radical (unpaired) electrons. The molecule has 3 atom stereocenters. The van der Waals surface area contributed by atoms with Gasteiger partial charge >= 0.3 is 5.97 Å². The first-order valence-electron chi connectivity index (χ1n) is 6.67. The zero-order chi connectivity index (χ0) is 13.1. The number of hydrogen-bond donors (Lipinski definition) is 0. The second-order valence-electron chi connectivity index (χ2n) is 6.24. The van der Waals surface area contributed by atoms with Gasteiger partial charge in [-0.3, -0.25) is 4.79 Å². The molecule has 98 valence electrons. The van der Waals surface area contributed by atoms with Gasteiger partial charge in [0.05, 0.1) is 0 Å². The monoisotopic (exact) mass is 238 g/mol. The predicted octanol–water partition coefficient (Wildman–Crippen LogP) is 3.96. The minimum absolute atomic E-state index is 0.0237. The Morgan fingerprint density at radius 1 is 1.53 bits per heavy atom. The third kappa shape index (κ3) is 4.53. The van der Waals surface area contributed by atoms with Crippen molar-refractivity contribution in [3.63, 3.8) is 0 Å². The SMILES string of the molecule is C/C=C/C(C)(C)CC(C)C1C[C@@H](C)CC(=O)O1. The number of hydrogen-bond acceptors (Lipinski definition) is 2. The van der Waals surface area contributed by atoms with E-state index in [0.29, 0.717) is 18.3 Å². The molecular formula is C15H26O2. The highest BCUT2D eigenvalue weighted by molar-refractivity contribution is 5.70. The summed E-state index contributed by atoms with van der Waals surface area (Å²) < 4.78 is 5.48. The van der Waals surface area contributed by atoms with Crippen LogP contribution in [0.2, 0.25) is 0 Å². The number of carbonyl (C=O) groups excluding carboxylic acids is 1. The molecule has 17 heavy (non-hydrogen) atoms. The van der Waals surface area contributed by atoms with E-state index in [1.165, 1.54) is 0 Å². The smallest absolute Gasteiger partial charge is 0.306 e. The lowest BCUT2D eigenvalue weighted by Crippen LogP contribution is -2.34. The predicted molar refractivity (Wildman–Crippen MR) is 70.7 cm³/mol. The largest absolute Gasteiger partial charge is 0.462 e. The van der Waals surface area contributed by atoms with Gasteiger partial charge in [-0.25, -0.2) is 0 Å². The highest BCUT2D eigenvalue weighted by atomic mass is 16.5. The molecule has 1 rings (SSSR count). The van der Waals surface area contributed by atoms with E-state index in [4.69, 9.17) is 4.74 Å². The second-order valence-corrected chi connectivity index (χ2v) is 6.24. The number of ether oxygens (including phenoxy) is 1. The summed E-state index contributed by atoms with van der Waals surface area (Å²) in [6.07, 6.45) is 7.10. The van der Waals surface area contributed by atoms with Crippen LogP contribution in [0.25, 0.3) is 0 Å². The van der Waals surface area contributed by atoms with Gasteiger partial charge in [-0.15, -0.1) is 0 Å². The van der Waals surface area contributed by atoms with E-state index in [9.17, 15) is 4.79 Å². The van der Waals surface area contributed by atoms with Gasteiger partial charge in [0, 0.05) is 6.42 Å². The second kappa shape index (κ2) is 5.70. The number of cyclic esters (lactones) is 1. The van der Waals surface area contributed by atoms with Gasteiger partial charge < -0.3 is 4.74 Å². The van der Waals surface area contributed by atoms with E-state index < -0.39 is 0 Å². The highest BCUT2D eigenvalue weighted by Crippen LogP contribution is 2.33. The van der Waals surface area contributed by atoms with Crippen LogP contribution in [0.15, 0.2) is 12.2 Å². The summed E-state index contributed by atoms with van der Waals surface area (Å²) >= 11 is 0. The molecule has 1 aliphatic rings. The Hall–Kier alpha value is -0.790. The summed E-state index contributed by atoms with van der Waals surface area (Å²) in [5.41, 5.74) is 0.182. The fourth-order valence-electron chi connectivity index (χ4n) is 2.86. The third-order valence-electron chi connectivity index (χ3n) is 3.53. The van der Waals surface area contributed by atoms with E-state index >= 15 is 0 Å². The standard InChI is InChI=1S/C15H26O2/c1-6-7-15(4,5)10-12(3)13-8-11(2)9-14(16)17-13/h6-7,11-13H,8-10H2,1-5H3/b7-6+/t11-,12?,13?/m1/s1. The van der Waals surface area contributed by atoms with Gasteiger partial charge in [-0.05, 0) is 37.0 Å². The van der Waals surface area contributed by atoms with Crippen molar-refractivity contribution in [3.05, 3.63) is 12.2 Å². The van der Waals surface area contributed by atoms with Crippen molar-refractivity contribution in [2.45, 2.75) is 60.0 Å². The summed E-state index contributed by atoms with van der Waals surface area (Å²) in [5, 5.41) is 0. The minimum Gasteiger partial charge on any atom is -0.462 e. The van der Waals surface area contributed by atoms with Crippen molar-refractivity contribution in [2.75, 3.05) is 0 Å². The summed E-state index contributed by atoms with van der Waals surface area (Å²) in [6.45, 7) is 10.8. The number of rotatable bonds is 4. The van der Waals surface area contributed by atoms with Crippen molar-refractivity contribution < 1.29 is 9.53 Å². The summed E-state index contributed by atoms with van der Waals surface area (Å²) in [7, 11) is 0. The average molecular weight is 238 g/mol. The van der Waals surface area contributed by atoms with Crippen LogP contribution in [0.4, 0.5) is 0 Å². The zero-order valence-corrected chi connectivity index (χ0v) is 11.8. The maximum Gasteiger partial charge on any atom is 0.306 e. The normalized spacial score (nSPS) is 28.2. The van der Waals surface area contributed by atoms with Gasteiger partial charge in [0.25, 0.3) is 0 Å². The van der Waals surface area contributed by atoms with Gasteiger partial charge in [-0.2, -0.15) is 0 Å². The lowest BCUT2D eigenvalue weighted by molar-refractivity contribution is -0.160. The quantitative estimate of drug-likeness (QED) is 0.547. The molecule has 0 aromatic carbocycles. The van der Waals surface area contributed by atoms with Crippen molar-refractivity contribution in [3.8, 4) is 0 Å². The zero-order valence-electron chi connectivity index (χ0n) is 11.8. The van der Waals surface area contributed by atoms with E-state index in [1.54, 1.807) is 0 Å². The van der Waals surface area contributed by atoms with Crippen molar-refractivity contribution in [2.24, 2.45) is 17.3 Å². The molecule has 2 heteroatoms. The Morgan fingerprint density at radius 2 is 2.18 bits per heavy atom. The van der Waals surface area contributed by atoms with Crippen molar-refractivity contribution in [1.82, 2.24) is 0 Å². The molecule has 0 aliphatic carbocycles. The maximum atomic E-state index is 11.4. The Balaban J connectivity index is 2.57. The van der Waals surface area contributed by atoms with E-state index in [0.717, 1.165) is 12.8 Å². The van der Waals surface area contributed by atoms with E-state index in [-0.39, 0.29) is 17.5 Å². The third-order valence-corrected chi connectivity index (χ3v) is 3.53. The molecule has 0 amide bonds. The first-order chi connectivity index (χ1) is 7.84. The molecule has 1 fully saturated rings. The van der Waals surface area contributed by atoms with Crippen LogP contribution in [0, 0.1) is 17.3 Å². The van der Waals surface area contributed by atoms with Crippen LogP contribution < -0.4 is 0 Å². The molecule has 1 heterocycles. The summed E-state index contributed by atoms with van der Waals surface area (Å²) in [6, 6.07) is 0. The molecule has 2 unspecified atom stereocenters. The molecule has 0 aromatic heterocycles. The lowest BCUT2D eigenvalue weighted by atomic mass is 9.78. The summed E-state index contributed by atoms with van der Waals surface area (Å²) in [4.78, 5) is 11.4. The highest BCUT2D eigenvalue weighted by Gasteiger charge is 2.32. The molecule has 0 saturated carbocycles. The van der Waals surface area contributed by atoms with Gasteiger partial charge in [0.2, 0.25) is 0 Å². The van der Waals surface area contributed by atoms with Crippen LogP contribution in [0.5, 0.6) is 0 Å². The van der Waals surface area contributed by atoms with Crippen LogP contribution in [0.1, 0.15) is 53.9 Å². The van der Waals surface area contributed by atoms with Crippen LogP contribution in [-0.4, -0.2) is 12.1 Å². The first-order valence-corrected chi connectivity index (χ1v) is 6.67. The maximum absolute atomic E-state index is 11.4. The minimum atomic E-state index is -0.0237. The fourth-order valence-corrected chi connectivity index (χ4v) is 2.86. The molecule has 0 aromatic rings. The Labute approximate surface area is 105 Å².